The van der Waals surface area contributed by atoms with Crippen molar-refractivity contribution in [3.05, 3.63) is 64.7 Å². The van der Waals surface area contributed by atoms with Crippen LogP contribution in [0.15, 0.2) is 58.5 Å². The highest BCUT2D eigenvalue weighted by Crippen LogP contribution is 2.34. The second-order valence-corrected chi connectivity index (χ2v) is 7.14. The third-order valence-electron chi connectivity index (χ3n) is 4.13. The van der Waals surface area contributed by atoms with E-state index in [0.717, 1.165) is 10.6 Å². The number of benzene rings is 1. The average molecular weight is 400 g/mol. The van der Waals surface area contributed by atoms with Gasteiger partial charge in [-0.15, -0.1) is 11.3 Å². The Kier molecular flexibility index (Phi) is 5.67. The molecule has 8 heteroatoms. The third kappa shape index (κ3) is 4.58. The van der Waals surface area contributed by atoms with Crippen LogP contribution in [0, 0.1) is 0 Å². The number of hydrogen-bond donors (Lipinski definition) is 1. The van der Waals surface area contributed by atoms with E-state index < -0.39 is 0 Å². The van der Waals surface area contributed by atoms with Gasteiger partial charge in [-0.1, -0.05) is 6.07 Å². The van der Waals surface area contributed by atoms with Gasteiger partial charge in [0, 0.05) is 10.9 Å². The normalized spacial score (nSPS) is 12.0. The molecule has 1 aromatic carbocycles. The lowest BCUT2D eigenvalue weighted by Gasteiger charge is -2.21. The Bertz CT molecular complexity index is 859. The summed E-state index contributed by atoms with van der Waals surface area (Å²) in [4.78, 5) is 15.5. The molecule has 1 aliphatic heterocycles. The number of nitrogens with zero attached hydrogens (tertiary/aromatic N) is 1. The molecule has 0 saturated heterocycles. The second-order valence-electron chi connectivity index (χ2n) is 6.11. The predicted octanol–water partition coefficient (Wildman–Crippen LogP) is 3.86. The number of nitrogens with one attached hydrogen (secondary N) is 1. The van der Waals surface area contributed by atoms with Crippen molar-refractivity contribution < 1.29 is 23.4 Å². The fraction of sp³-hybridized carbons (Fsp3) is 0.250. The quantitative estimate of drug-likeness (QED) is 0.581. The van der Waals surface area contributed by atoms with E-state index in [-0.39, 0.29) is 12.8 Å². The summed E-state index contributed by atoms with van der Waals surface area (Å²) in [6.07, 6.45) is 1.61. The smallest absolute Gasteiger partial charge is 0.318 e. The minimum absolute atomic E-state index is 0.168. The molecule has 0 atom stereocenters. The Labute approximate surface area is 166 Å². The molecular formula is C20H20N2O5S. The zero-order valence-electron chi connectivity index (χ0n) is 15.1. The number of fused-ring (bicyclic) bond motifs is 1. The maximum absolute atomic E-state index is 12.6. The van der Waals surface area contributed by atoms with Gasteiger partial charge in [-0.05, 0) is 35.7 Å². The van der Waals surface area contributed by atoms with Gasteiger partial charge in [0.1, 0.15) is 18.1 Å². The second kappa shape index (κ2) is 8.71. The summed E-state index contributed by atoms with van der Waals surface area (Å²) in [5.41, 5.74) is 0. The minimum atomic E-state index is -0.168. The van der Waals surface area contributed by atoms with Gasteiger partial charge < -0.3 is 28.8 Å². The molecule has 146 valence electrons. The van der Waals surface area contributed by atoms with Gasteiger partial charge >= 0.3 is 6.03 Å². The van der Waals surface area contributed by atoms with Gasteiger partial charge in [-0.25, -0.2) is 4.79 Å². The maximum Gasteiger partial charge on any atom is 0.318 e. The molecule has 7 nitrogen and oxygen atoms in total. The fourth-order valence-corrected chi connectivity index (χ4v) is 3.51. The summed E-state index contributed by atoms with van der Waals surface area (Å²) in [5.74, 6) is 2.79. The first-order valence-electron chi connectivity index (χ1n) is 8.88. The highest BCUT2D eigenvalue weighted by Gasteiger charge is 2.17. The van der Waals surface area contributed by atoms with Crippen molar-refractivity contribution in [2.75, 3.05) is 19.9 Å². The molecule has 0 spiro atoms. The molecule has 0 saturated carbocycles. The minimum Gasteiger partial charge on any atom is -0.492 e. The Balaban J connectivity index is 1.28. The molecule has 0 fully saturated rings. The first-order valence-corrected chi connectivity index (χ1v) is 9.76. The van der Waals surface area contributed by atoms with Crippen molar-refractivity contribution >= 4 is 17.4 Å². The summed E-state index contributed by atoms with van der Waals surface area (Å²) < 4.78 is 21.7. The lowest BCUT2D eigenvalue weighted by molar-refractivity contribution is 0.173. The zero-order valence-corrected chi connectivity index (χ0v) is 15.9. The first kappa shape index (κ1) is 18.2. The van der Waals surface area contributed by atoms with Gasteiger partial charge in [0.15, 0.2) is 11.5 Å². The SMILES string of the molecule is O=C(NCCOc1ccc2c(c1)OCO2)N(Cc1ccco1)Cc1cccs1. The topological polar surface area (TPSA) is 73.2 Å². The van der Waals surface area contributed by atoms with Crippen LogP contribution in [0.2, 0.25) is 0 Å². The number of rotatable bonds is 8. The lowest BCUT2D eigenvalue weighted by Crippen LogP contribution is -2.40. The van der Waals surface area contributed by atoms with E-state index in [1.54, 1.807) is 28.6 Å². The molecule has 4 rings (SSSR count). The van der Waals surface area contributed by atoms with Gasteiger partial charge in [-0.3, -0.25) is 0 Å². The van der Waals surface area contributed by atoms with E-state index in [9.17, 15) is 4.79 Å². The molecule has 2 amide bonds. The van der Waals surface area contributed by atoms with E-state index in [1.807, 2.05) is 41.8 Å². The molecular weight excluding hydrogens is 380 g/mol. The summed E-state index contributed by atoms with van der Waals surface area (Å²) in [7, 11) is 0. The lowest BCUT2D eigenvalue weighted by atomic mass is 10.3. The zero-order chi connectivity index (χ0) is 19.2. The predicted molar refractivity (Wildman–Crippen MR) is 104 cm³/mol. The van der Waals surface area contributed by atoms with E-state index in [0.29, 0.717) is 43.5 Å². The molecule has 3 aromatic rings. The Morgan fingerprint density at radius 1 is 1.14 bits per heavy atom. The van der Waals surface area contributed by atoms with Crippen molar-refractivity contribution in [3.8, 4) is 17.2 Å². The van der Waals surface area contributed by atoms with E-state index in [1.165, 1.54) is 0 Å². The highest BCUT2D eigenvalue weighted by molar-refractivity contribution is 7.09. The van der Waals surface area contributed by atoms with E-state index >= 15 is 0 Å². The van der Waals surface area contributed by atoms with Crippen molar-refractivity contribution in [1.82, 2.24) is 10.2 Å². The molecule has 0 bridgehead atoms. The van der Waals surface area contributed by atoms with Crippen molar-refractivity contribution in [2.24, 2.45) is 0 Å². The van der Waals surface area contributed by atoms with Crippen LogP contribution < -0.4 is 19.5 Å². The van der Waals surface area contributed by atoms with Crippen molar-refractivity contribution in [2.45, 2.75) is 13.1 Å². The number of urea groups is 1. The number of hydrogen-bond acceptors (Lipinski definition) is 6. The fourth-order valence-electron chi connectivity index (χ4n) is 2.79. The molecule has 0 unspecified atom stereocenters. The van der Waals surface area contributed by atoms with Crippen molar-refractivity contribution in [3.63, 3.8) is 0 Å². The highest BCUT2D eigenvalue weighted by atomic mass is 32.1. The van der Waals surface area contributed by atoms with Crippen LogP contribution in [0.5, 0.6) is 17.2 Å². The number of furan rings is 1. The van der Waals surface area contributed by atoms with Crippen LogP contribution in [0.4, 0.5) is 4.79 Å². The maximum atomic E-state index is 12.6. The monoisotopic (exact) mass is 400 g/mol. The van der Waals surface area contributed by atoms with Gasteiger partial charge in [0.2, 0.25) is 6.79 Å². The Morgan fingerprint density at radius 2 is 2.07 bits per heavy atom. The number of ether oxygens (including phenoxy) is 3. The van der Waals surface area contributed by atoms with Crippen molar-refractivity contribution in [1.29, 1.82) is 0 Å². The van der Waals surface area contributed by atoms with Gasteiger partial charge in [0.05, 0.1) is 25.9 Å². The molecule has 28 heavy (non-hydrogen) atoms. The van der Waals surface area contributed by atoms with E-state index in [4.69, 9.17) is 18.6 Å². The summed E-state index contributed by atoms with van der Waals surface area (Å²) in [5, 5.41) is 4.90. The first-order chi connectivity index (χ1) is 13.8. The van der Waals surface area contributed by atoms with Crippen LogP contribution >= 0.6 is 11.3 Å². The standard InChI is InChI=1S/C20H20N2O5S/c23-20(21-7-9-25-15-5-6-18-19(11-15)27-14-26-18)22(12-16-3-1-8-24-16)13-17-4-2-10-28-17/h1-6,8,10-11H,7,9,12-14H2,(H,21,23). The summed E-state index contributed by atoms with van der Waals surface area (Å²) >= 11 is 1.62. The number of amides is 2. The number of carbonyl (C=O) groups is 1. The van der Waals surface area contributed by atoms with Crippen LogP contribution in [-0.2, 0) is 13.1 Å². The van der Waals surface area contributed by atoms with Gasteiger partial charge in [-0.2, -0.15) is 0 Å². The third-order valence-corrected chi connectivity index (χ3v) is 4.99. The van der Waals surface area contributed by atoms with Crippen LogP contribution in [-0.4, -0.2) is 30.9 Å². The Morgan fingerprint density at radius 3 is 2.89 bits per heavy atom. The molecule has 3 heterocycles. The number of carbonyl (C=O) groups excluding carboxylic acids is 1. The van der Waals surface area contributed by atoms with Crippen LogP contribution in [0.3, 0.4) is 0 Å². The Hall–Kier alpha value is -3.13. The molecule has 1 N–H and O–H groups in total. The molecule has 1 aliphatic rings. The van der Waals surface area contributed by atoms with E-state index in [2.05, 4.69) is 5.32 Å². The summed E-state index contributed by atoms with van der Waals surface area (Å²) in [6.45, 7) is 1.88. The van der Waals surface area contributed by atoms with Gasteiger partial charge in [0.25, 0.3) is 0 Å². The largest absolute Gasteiger partial charge is 0.492 e. The number of thiophene rings is 1. The molecule has 0 aliphatic carbocycles. The molecule has 2 aromatic heterocycles. The van der Waals surface area contributed by atoms with Crippen LogP contribution in [0.1, 0.15) is 10.6 Å². The average Bonchev–Trinajstić information content (AvgIpc) is 3.46. The summed E-state index contributed by atoms with van der Waals surface area (Å²) in [6, 6.07) is 12.9. The molecule has 0 radical (unpaired) electrons. The van der Waals surface area contributed by atoms with Crippen LogP contribution in [0.25, 0.3) is 0 Å².